The highest BCUT2D eigenvalue weighted by Crippen LogP contribution is 2.33. The Kier molecular flexibility index (Phi) is 4.73. The van der Waals surface area contributed by atoms with E-state index < -0.39 is 5.97 Å². The molecule has 2 rings (SSSR count). The number of carbonyl (C=O) groups is 1. The van der Waals surface area contributed by atoms with E-state index in [1.54, 1.807) is 32.9 Å². The number of carbonyl (C=O) groups excluding carboxylic acids is 1. The van der Waals surface area contributed by atoms with Gasteiger partial charge in [0.25, 0.3) is 0 Å². The van der Waals surface area contributed by atoms with Crippen molar-refractivity contribution in [1.29, 1.82) is 0 Å². The molecule has 6 heteroatoms. The highest BCUT2D eigenvalue weighted by Gasteiger charge is 2.26. The van der Waals surface area contributed by atoms with Crippen LogP contribution in [-0.4, -0.2) is 22.5 Å². The van der Waals surface area contributed by atoms with Crippen LogP contribution in [0.25, 0.3) is 5.57 Å². The maximum atomic E-state index is 11.9. The Balaban J connectivity index is 2.58. The molecule has 1 heterocycles. The van der Waals surface area contributed by atoms with Crippen molar-refractivity contribution in [1.82, 2.24) is 9.97 Å². The third-order valence-corrected chi connectivity index (χ3v) is 3.65. The van der Waals surface area contributed by atoms with Crippen molar-refractivity contribution >= 4 is 34.7 Å². The van der Waals surface area contributed by atoms with Crippen molar-refractivity contribution in [2.45, 2.75) is 20.8 Å². The molecule has 0 aromatic carbocycles. The van der Waals surface area contributed by atoms with Gasteiger partial charge in [-0.05, 0) is 20.8 Å². The van der Waals surface area contributed by atoms with E-state index in [-0.39, 0.29) is 12.3 Å². The average Bonchev–Trinajstić information content (AvgIpc) is 2.43. The fraction of sp³-hybridized carbons (Fsp3) is 0.267. The van der Waals surface area contributed by atoms with E-state index >= 15 is 0 Å². The van der Waals surface area contributed by atoms with Crippen molar-refractivity contribution < 1.29 is 9.53 Å². The van der Waals surface area contributed by atoms with E-state index in [2.05, 4.69) is 16.0 Å². The van der Waals surface area contributed by atoms with Gasteiger partial charge in [-0.2, -0.15) is 0 Å². The lowest BCUT2D eigenvalue weighted by atomic mass is 10.1. The number of rotatable bonds is 3. The van der Waals surface area contributed by atoms with Crippen LogP contribution in [0, 0.1) is 19.9 Å². The second-order valence-electron chi connectivity index (χ2n) is 4.34. The second-order valence-corrected chi connectivity index (χ2v) is 5.13. The molecule has 0 saturated carbocycles. The van der Waals surface area contributed by atoms with Crippen molar-refractivity contribution in [2.75, 3.05) is 6.61 Å². The number of hydrogen-bond donors (Lipinski definition) is 0. The van der Waals surface area contributed by atoms with Crippen LogP contribution in [0.2, 0.25) is 0 Å². The maximum Gasteiger partial charge on any atom is 0.358 e. The van der Waals surface area contributed by atoms with Gasteiger partial charge in [-0.15, -0.1) is 0 Å². The first-order valence-electron chi connectivity index (χ1n) is 6.33. The Morgan fingerprint density at radius 3 is 2.67 bits per heavy atom. The first-order valence-corrected chi connectivity index (χ1v) is 7.09. The number of aryl methyl sites for hydroxylation is 2. The summed E-state index contributed by atoms with van der Waals surface area (Å²) in [6.07, 6.45) is 6.11. The molecule has 21 heavy (non-hydrogen) atoms. The first kappa shape index (κ1) is 15.6. The second kappa shape index (κ2) is 6.35. The minimum absolute atomic E-state index is 0.175. The molecule has 0 atom stereocenters. The molecule has 0 spiro atoms. The molecule has 1 aliphatic carbocycles. The first-order chi connectivity index (χ1) is 9.95. The van der Waals surface area contributed by atoms with E-state index in [9.17, 15) is 4.79 Å². The molecule has 0 amide bonds. The van der Waals surface area contributed by atoms with E-state index in [4.69, 9.17) is 27.9 Å². The van der Waals surface area contributed by atoms with Gasteiger partial charge in [-0.25, -0.2) is 9.78 Å². The van der Waals surface area contributed by atoms with Gasteiger partial charge in [0.2, 0.25) is 0 Å². The zero-order valence-electron chi connectivity index (χ0n) is 11.8. The summed E-state index contributed by atoms with van der Waals surface area (Å²) in [5.41, 5.74) is 2.41. The molecule has 4 nitrogen and oxygen atoms in total. The van der Waals surface area contributed by atoms with Gasteiger partial charge in [0, 0.05) is 17.7 Å². The number of hydrogen-bond acceptors (Lipinski definition) is 4. The topological polar surface area (TPSA) is 52.1 Å². The molecule has 0 saturated heterocycles. The predicted octanol–water partition coefficient (Wildman–Crippen LogP) is 3.72. The lowest BCUT2D eigenvalue weighted by molar-refractivity contribution is 0.0517. The zero-order valence-corrected chi connectivity index (χ0v) is 13.3. The quantitative estimate of drug-likeness (QED) is 0.628. The molecule has 0 bridgehead atoms. The smallest absolute Gasteiger partial charge is 0.358 e. The maximum absolute atomic E-state index is 11.9. The van der Waals surface area contributed by atoms with E-state index in [0.29, 0.717) is 32.7 Å². The summed E-state index contributed by atoms with van der Waals surface area (Å²) in [6.45, 7) is 5.51. The largest absolute Gasteiger partial charge is 0.461 e. The number of esters is 1. The van der Waals surface area contributed by atoms with Crippen molar-refractivity contribution in [3.8, 4) is 0 Å². The van der Waals surface area contributed by atoms with Crippen molar-refractivity contribution in [3.05, 3.63) is 51.1 Å². The predicted molar refractivity (Wildman–Crippen MR) is 82.0 cm³/mol. The highest BCUT2D eigenvalue weighted by atomic mass is 35.5. The van der Waals surface area contributed by atoms with Crippen LogP contribution in [0.1, 0.15) is 34.5 Å². The summed E-state index contributed by atoms with van der Waals surface area (Å²) in [5.74, 6) is -0.508. The third kappa shape index (κ3) is 3.13. The minimum Gasteiger partial charge on any atom is -0.461 e. The number of allylic oxidation sites excluding steroid dienone is 6. The molecule has 0 N–H and O–H groups in total. The summed E-state index contributed by atoms with van der Waals surface area (Å²) in [7, 11) is 0. The molecule has 0 aliphatic heterocycles. The van der Waals surface area contributed by atoms with Crippen molar-refractivity contribution in [3.63, 3.8) is 0 Å². The molecule has 0 fully saturated rings. The Hall–Kier alpha value is -1.74. The SMILES string of the molecule is CCOC(=O)c1nc(C2=C(Cl)C(Cl)=C[C+]=C2)c(C)nc1C. The van der Waals surface area contributed by atoms with E-state index in [0.717, 1.165) is 0 Å². The molecular weight excluding hydrogens is 311 g/mol. The van der Waals surface area contributed by atoms with E-state index in [1.807, 2.05) is 0 Å². The Bertz CT molecular complexity index is 691. The molecule has 1 aromatic rings. The summed E-state index contributed by atoms with van der Waals surface area (Å²) < 4.78 is 4.99. The van der Waals surface area contributed by atoms with E-state index in [1.165, 1.54) is 0 Å². The van der Waals surface area contributed by atoms with Gasteiger partial charge >= 0.3 is 5.97 Å². The minimum atomic E-state index is -0.508. The van der Waals surface area contributed by atoms with Crippen LogP contribution >= 0.6 is 23.2 Å². The van der Waals surface area contributed by atoms with Gasteiger partial charge in [0.1, 0.15) is 17.7 Å². The Morgan fingerprint density at radius 1 is 1.29 bits per heavy atom. The normalized spacial score (nSPS) is 13.9. The summed E-state index contributed by atoms with van der Waals surface area (Å²) >= 11 is 12.2. The zero-order chi connectivity index (χ0) is 15.6. The van der Waals surface area contributed by atoms with Crippen LogP contribution in [0.4, 0.5) is 0 Å². The van der Waals surface area contributed by atoms with Crippen LogP contribution in [0.5, 0.6) is 0 Å². The Labute approximate surface area is 133 Å². The monoisotopic (exact) mass is 323 g/mol. The van der Waals surface area contributed by atoms with Crippen molar-refractivity contribution in [2.24, 2.45) is 0 Å². The molecular formula is C15H13Cl2N2O2+. The van der Waals surface area contributed by atoms with Crippen LogP contribution in [0.3, 0.4) is 0 Å². The average molecular weight is 324 g/mol. The number of halogens is 2. The molecule has 0 radical (unpaired) electrons. The lowest BCUT2D eigenvalue weighted by Crippen LogP contribution is -2.13. The molecule has 0 unspecified atom stereocenters. The highest BCUT2D eigenvalue weighted by molar-refractivity contribution is 6.46. The standard InChI is InChI=1S/C15H13Cl2N2O2/c1-4-21-15(20)14-9(3)18-8(2)13(19-14)10-6-5-7-11(16)12(10)17/h6-7H,4H2,1-3H3/q+1. The van der Waals surface area contributed by atoms with Gasteiger partial charge in [-0.1, -0.05) is 11.6 Å². The van der Waals surface area contributed by atoms with Crippen LogP contribution in [-0.2, 0) is 4.74 Å². The summed E-state index contributed by atoms with van der Waals surface area (Å²) in [6, 6.07) is 0. The molecule has 108 valence electrons. The number of ether oxygens (including phenoxy) is 1. The summed E-state index contributed by atoms with van der Waals surface area (Å²) in [5, 5.41) is 0.722. The van der Waals surface area contributed by atoms with Gasteiger partial charge < -0.3 is 4.74 Å². The third-order valence-electron chi connectivity index (χ3n) is 2.85. The van der Waals surface area contributed by atoms with Gasteiger partial charge in [0.15, 0.2) is 21.5 Å². The van der Waals surface area contributed by atoms with Crippen LogP contribution < -0.4 is 0 Å². The van der Waals surface area contributed by atoms with Gasteiger partial charge in [-0.3, -0.25) is 4.98 Å². The molecule has 1 aliphatic rings. The number of aromatic nitrogens is 2. The Morgan fingerprint density at radius 2 is 2.00 bits per heavy atom. The molecule has 1 aromatic heterocycles. The fourth-order valence-electron chi connectivity index (χ4n) is 1.90. The lowest BCUT2D eigenvalue weighted by Gasteiger charge is -2.09. The summed E-state index contributed by atoms with van der Waals surface area (Å²) in [4.78, 5) is 20.6. The number of nitrogens with zero attached hydrogens (tertiary/aromatic N) is 2. The van der Waals surface area contributed by atoms with Crippen LogP contribution in [0.15, 0.2) is 22.2 Å². The van der Waals surface area contributed by atoms with Gasteiger partial charge in [0.05, 0.1) is 18.0 Å². The fourth-order valence-corrected chi connectivity index (χ4v) is 2.27.